The topological polar surface area (TPSA) is 32.3 Å². The summed E-state index contributed by atoms with van der Waals surface area (Å²) in [7, 11) is 0. The molecule has 0 spiro atoms. The Morgan fingerprint density at radius 3 is 2.47 bits per heavy atom. The molecule has 1 unspecified atom stereocenters. The summed E-state index contributed by atoms with van der Waals surface area (Å²) in [5.74, 6) is 0.515. The summed E-state index contributed by atoms with van der Waals surface area (Å²) in [6.45, 7) is 9.66. The van der Waals surface area contributed by atoms with Crippen molar-refractivity contribution >= 4 is 5.69 Å². The van der Waals surface area contributed by atoms with Gasteiger partial charge in [-0.15, -0.1) is 0 Å². The third-order valence-electron chi connectivity index (χ3n) is 3.52. The van der Waals surface area contributed by atoms with Gasteiger partial charge in [-0.3, -0.25) is 0 Å². The van der Waals surface area contributed by atoms with Crippen molar-refractivity contribution < 1.29 is 5.11 Å². The van der Waals surface area contributed by atoms with Gasteiger partial charge < -0.3 is 10.4 Å². The SMILES string of the molecule is CCC(C)(CO)CNc1ccccc1C(C)C. The number of hydrogen-bond donors (Lipinski definition) is 2. The van der Waals surface area contributed by atoms with Gasteiger partial charge in [-0.05, 0) is 24.0 Å². The molecule has 0 fully saturated rings. The number of aliphatic hydroxyl groups is 1. The van der Waals surface area contributed by atoms with Crippen LogP contribution in [0.2, 0.25) is 0 Å². The number of para-hydroxylation sites is 1. The third kappa shape index (κ3) is 3.74. The molecule has 2 nitrogen and oxygen atoms in total. The fourth-order valence-electron chi connectivity index (χ4n) is 1.76. The number of rotatable bonds is 6. The molecular formula is C15H25NO. The van der Waals surface area contributed by atoms with E-state index in [0.717, 1.165) is 13.0 Å². The predicted molar refractivity (Wildman–Crippen MR) is 74.5 cm³/mol. The van der Waals surface area contributed by atoms with Crippen molar-refractivity contribution in [3.8, 4) is 0 Å². The molecule has 0 aliphatic heterocycles. The molecule has 2 heteroatoms. The molecule has 0 radical (unpaired) electrons. The van der Waals surface area contributed by atoms with E-state index in [2.05, 4.69) is 57.3 Å². The minimum atomic E-state index is -0.0376. The predicted octanol–water partition coefficient (Wildman–Crippen LogP) is 3.63. The van der Waals surface area contributed by atoms with E-state index in [1.165, 1.54) is 11.3 Å². The molecule has 0 aromatic heterocycles. The fourth-order valence-corrected chi connectivity index (χ4v) is 1.76. The third-order valence-corrected chi connectivity index (χ3v) is 3.52. The quantitative estimate of drug-likeness (QED) is 0.789. The van der Waals surface area contributed by atoms with Crippen LogP contribution in [0.1, 0.15) is 45.6 Å². The van der Waals surface area contributed by atoms with Gasteiger partial charge in [-0.1, -0.05) is 45.9 Å². The van der Waals surface area contributed by atoms with Gasteiger partial charge in [0.1, 0.15) is 0 Å². The van der Waals surface area contributed by atoms with E-state index < -0.39 is 0 Å². The highest BCUT2D eigenvalue weighted by atomic mass is 16.3. The molecule has 17 heavy (non-hydrogen) atoms. The average molecular weight is 235 g/mol. The second-order valence-electron chi connectivity index (χ2n) is 5.42. The molecule has 0 bridgehead atoms. The Labute approximate surface area is 105 Å². The van der Waals surface area contributed by atoms with Crippen LogP contribution in [-0.2, 0) is 0 Å². The number of benzene rings is 1. The highest BCUT2D eigenvalue weighted by molar-refractivity contribution is 5.52. The lowest BCUT2D eigenvalue weighted by atomic mass is 9.88. The molecule has 2 N–H and O–H groups in total. The molecule has 96 valence electrons. The number of nitrogens with one attached hydrogen (secondary N) is 1. The normalized spacial score (nSPS) is 14.7. The zero-order valence-electron chi connectivity index (χ0n) is 11.5. The zero-order valence-corrected chi connectivity index (χ0v) is 11.5. The Hall–Kier alpha value is -1.02. The van der Waals surface area contributed by atoms with Gasteiger partial charge in [0.25, 0.3) is 0 Å². The van der Waals surface area contributed by atoms with E-state index in [-0.39, 0.29) is 12.0 Å². The van der Waals surface area contributed by atoms with Crippen molar-refractivity contribution in [3.63, 3.8) is 0 Å². The Balaban J connectivity index is 2.75. The summed E-state index contributed by atoms with van der Waals surface area (Å²) in [5, 5.41) is 12.9. The second kappa shape index (κ2) is 6.06. The molecule has 1 atom stereocenters. The van der Waals surface area contributed by atoms with E-state index in [1.807, 2.05) is 0 Å². The Morgan fingerprint density at radius 1 is 1.29 bits per heavy atom. The maximum absolute atomic E-state index is 9.40. The van der Waals surface area contributed by atoms with Gasteiger partial charge in [0, 0.05) is 17.6 Å². The van der Waals surface area contributed by atoms with E-state index >= 15 is 0 Å². The molecule has 0 heterocycles. The number of hydrogen-bond acceptors (Lipinski definition) is 2. The molecule has 0 saturated heterocycles. The van der Waals surface area contributed by atoms with Gasteiger partial charge in [0.15, 0.2) is 0 Å². The maximum atomic E-state index is 9.40. The van der Waals surface area contributed by atoms with Crippen LogP contribution in [0.5, 0.6) is 0 Å². The average Bonchev–Trinajstić information content (AvgIpc) is 2.36. The molecule has 1 aromatic rings. The maximum Gasteiger partial charge on any atom is 0.0501 e. The molecule has 0 amide bonds. The summed E-state index contributed by atoms with van der Waals surface area (Å²) in [6, 6.07) is 8.40. The first-order valence-corrected chi connectivity index (χ1v) is 6.46. The molecule has 1 rings (SSSR count). The van der Waals surface area contributed by atoms with Gasteiger partial charge in [0.05, 0.1) is 6.61 Å². The summed E-state index contributed by atoms with van der Waals surface area (Å²) in [6.07, 6.45) is 0.973. The van der Waals surface area contributed by atoms with Gasteiger partial charge >= 0.3 is 0 Å². The molecule has 0 aliphatic rings. The van der Waals surface area contributed by atoms with E-state index in [4.69, 9.17) is 0 Å². The van der Waals surface area contributed by atoms with Gasteiger partial charge in [-0.2, -0.15) is 0 Å². The Kier molecular flexibility index (Phi) is 5.01. The first kappa shape index (κ1) is 14.0. The van der Waals surface area contributed by atoms with E-state index in [0.29, 0.717) is 5.92 Å². The first-order valence-electron chi connectivity index (χ1n) is 6.46. The van der Waals surface area contributed by atoms with Crippen LogP contribution in [-0.4, -0.2) is 18.3 Å². The highest BCUT2D eigenvalue weighted by Crippen LogP contribution is 2.26. The van der Waals surface area contributed by atoms with Crippen LogP contribution in [0.25, 0.3) is 0 Å². The van der Waals surface area contributed by atoms with Crippen molar-refractivity contribution in [2.45, 2.75) is 40.0 Å². The Morgan fingerprint density at radius 2 is 1.94 bits per heavy atom. The molecule has 0 aliphatic carbocycles. The van der Waals surface area contributed by atoms with Gasteiger partial charge in [0.2, 0.25) is 0 Å². The zero-order chi connectivity index (χ0) is 12.9. The van der Waals surface area contributed by atoms with Crippen LogP contribution in [0, 0.1) is 5.41 Å². The minimum absolute atomic E-state index is 0.0376. The van der Waals surface area contributed by atoms with Crippen molar-refractivity contribution in [3.05, 3.63) is 29.8 Å². The van der Waals surface area contributed by atoms with Crippen LogP contribution < -0.4 is 5.32 Å². The van der Waals surface area contributed by atoms with Crippen molar-refractivity contribution in [1.82, 2.24) is 0 Å². The summed E-state index contributed by atoms with van der Waals surface area (Å²) in [4.78, 5) is 0. The standard InChI is InChI=1S/C15H25NO/c1-5-15(4,11-17)10-16-14-9-7-6-8-13(14)12(2)3/h6-9,12,16-17H,5,10-11H2,1-4H3. The van der Waals surface area contributed by atoms with Crippen molar-refractivity contribution in [1.29, 1.82) is 0 Å². The van der Waals surface area contributed by atoms with Crippen LogP contribution in [0.4, 0.5) is 5.69 Å². The van der Waals surface area contributed by atoms with Crippen LogP contribution in [0.3, 0.4) is 0 Å². The lowest BCUT2D eigenvalue weighted by molar-refractivity contribution is 0.149. The van der Waals surface area contributed by atoms with Crippen LogP contribution in [0.15, 0.2) is 24.3 Å². The first-order chi connectivity index (χ1) is 8.02. The monoisotopic (exact) mass is 235 g/mol. The molecular weight excluding hydrogens is 210 g/mol. The van der Waals surface area contributed by atoms with E-state index in [9.17, 15) is 5.11 Å². The number of aliphatic hydroxyl groups excluding tert-OH is 1. The summed E-state index contributed by atoms with van der Waals surface area (Å²) < 4.78 is 0. The van der Waals surface area contributed by atoms with Gasteiger partial charge in [-0.25, -0.2) is 0 Å². The molecule has 0 saturated carbocycles. The van der Waals surface area contributed by atoms with E-state index in [1.54, 1.807) is 0 Å². The minimum Gasteiger partial charge on any atom is -0.396 e. The summed E-state index contributed by atoms with van der Waals surface area (Å²) >= 11 is 0. The van der Waals surface area contributed by atoms with Crippen molar-refractivity contribution in [2.24, 2.45) is 5.41 Å². The Bertz CT molecular complexity index is 343. The lowest BCUT2D eigenvalue weighted by Gasteiger charge is -2.27. The largest absolute Gasteiger partial charge is 0.396 e. The highest BCUT2D eigenvalue weighted by Gasteiger charge is 2.21. The smallest absolute Gasteiger partial charge is 0.0501 e. The lowest BCUT2D eigenvalue weighted by Crippen LogP contribution is -2.29. The van der Waals surface area contributed by atoms with Crippen LogP contribution >= 0.6 is 0 Å². The summed E-state index contributed by atoms with van der Waals surface area (Å²) in [5.41, 5.74) is 2.49. The number of anilines is 1. The second-order valence-corrected chi connectivity index (χ2v) is 5.42. The fraction of sp³-hybridized carbons (Fsp3) is 0.600. The molecule has 1 aromatic carbocycles. The van der Waals surface area contributed by atoms with Crippen molar-refractivity contribution in [2.75, 3.05) is 18.5 Å².